The molecule has 2 aromatic rings. The first-order valence-electron chi connectivity index (χ1n) is 8.17. The van der Waals surface area contributed by atoms with E-state index in [2.05, 4.69) is 5.32 Å². The average Bonchev–Trinajstić information content (AvgIpc) is 2.64. The third-order valence-corrected chi connectivity index (χ3v) is 4.54. The van der Waals surface area contributed by atoms with Gasteiger partial charge in [0.15, 0.2) is 0 Å². The lowest BCUT2D eigenvalue weighted by Crippen LogP contribution is -2.40. The second-order valence-electron chi connectivity index (χ2n) is 6.07. The summed E-state index contributed by atoms with van der Waals surface area (Å²) in [6.07, 6.45) is 1.10. The van der Waals surface area contributed by atoms with Gasteiger partial charge in [0.25, 0.3) is 0 Å². The van der Waals surface area contributed by atoms with Gasteiger partial charge >= 0.3 is 0 Å². The number of amides is 1. The van der Waals surface area contributed by atoms with Gasteiger partial charge in [0, 0.05) is 18.6 Å². The minimum Gasteiger partial charge on any atom is -0.497 e. The van der Waals surface area contributed by atoms with E-state index in [1.54, 1.807) is 14.2 Å². The number of carbonyl (C=O) groups is 1. The van der Waals surface area contributed by atoms with Crippen LogP contribution in [0.5, 0.6) is 5.75 Å². The zero-order valence-corrected chi connectivity index (χ0v) is 15.6. The lowest BCUT2D eigenvalue weighted by atomic mass is 9.95. The zero-order chi connectivity index (χ0) is 18.3. The Bertz CT molecular complexity index is 702. The predicted octanol–water partition coefficient (Wildman–Crippen LogP) is 3.96. The molecule has 134 valence electrons. The summed E-state index contributed by atoms with van der Waals surface area (Å²) in [5.74, 6) is 0.798. The quantitative estimate of drug-likeness (QED) is 0.774. The van der Waals surface area contributed by atoms with Crippen molar-refractivity contribution in [2.45, 2.75) is 25.4 Å². The molecule has 2 aromatic carbocycles. The highest BCUT2D eigenvalue weighted by atomic mass is 35.5. The Morgan fingerprint density at radius 1 is 1.16 bits per heavy atom. The van der Waals surface area contributed by atoms with E-state index in [0.717, 1.165) is 16.9 Å². The van der Waals surface area contributed by atoms with Crippen LogP contribution in [0.2, 0.25) is 5.02 Å². The predicted molar refractivity (Wildman–Crippen MR) is 100 cm³/mol. The van der Waals surface area contributed by atoms with Crippen molar-refractivity contribution in [2.24, 2.45) is 0 Å². The molecule has 1 N–H and O–H groups in total. The standard InChI is InChI=1S/C20H24ClNO3/c1-20(25-3,16-5-4-6-17(21)13-16)14-22-19(23)12-9-15-7-10-18(24-2)11-8-15/h4-8,10-11,13H,9,12,14H2,1-3H3,(H,22,23)/t20-/m0/s1. The molecule has 0 aliphatic rings. The second kappa shape index (κ2) is 8.88. The van der Waals surface area contributed by atoms with E-state index >= 15 is 0 Å². The van der Waals surface area contributed by atoms with E-state index < -0.39 is 5.60 Å². The molecule has 0 heterocycles. The number of ether oxygens (including phenoxy) is 2. The highest BCUT2D eigenvalue weighted by Gasteiger charge is 2.27. The summed E-state index contributed by atoms with van der Waals surface area (Å²) in [6, 6.07) is 15.2. The van der Waals surface area contributed by atoms with Crippen LogP contribution in [0.25, 0.3) is 0 Å². The Kier molecular flexibility index (Phi) is 6.85. The minimum atomic E-state index is -0.624. The van der Waals surface area contributed by atoms with Gasteiger partial charge in [-0.25, -0.2) is 0 Å². The summed E-state index contributed by atoms with van der Waals surface area (Å²) < 4.78 is 10.8. The highest BCUT2D eigenvalue weighted by Crippen LogP contribution is 2.26. The molecule has 1 amide bonds. The van der Waals surface area contributed by atoms with E-state index in [1.807, 2.05) is 55.5 Å². The number of nitrogens with one attached hydrogen (secondary N) is 1. The molecule has 1 atom stereocenters. The zero-order valence-electron chi connectivity index (χ0n) is 14.8. The minimum absolute atomic E-state index is 0.0129. The van der Waals surface area contributed by atoms with Crippen LogP contribution in [0.4, 0.5) is 0 Å². The van der Waals surface area contributed by atoms with Gasteiger partial charge in [-0.2, -0.15) is 0 Å². The fraction of sp³-hybridized carbons (Fsp3) is 0.350. The number of halogens is 1. The fourth-order valence-electron chi connectivity index (χ4n) is 2.52. The Morgan fingerprint density at radius 2 is 1.88 bits per heavy atom. The average molecular weight is 362 g/mol. The van der Waals surface area contributed by atoms with E-state index in [-0.39, 0.29) is 5.91 Å². The molecular weight excluding hydrogens is 338 g/mol. The molecule has 2 rings (SSSR count). The van der Waals surface area contributed by atoms with Crippen LogP contribution in [0.15, 0.2) is 48.5 Å². The number of methoxy groups -OCH3 is 2. The summed E-state index contributed by atoms with van der Waals surface area (Å²) in [5.41, 5.74) is 1.40. The Morgan fingerprint density at radius 3 is 2.48 bits per heavy atom. The van der Waals surface area contributed by atoms with Crippen molar-refractivity contribution >= 4 is 17.5 Å². The molecular formula is C20H24ClNO3. The first-order chi connectivity index (χ1) is 12.0. The summed E-state index contributed by atoms with van der Waals surface area (Å²) in [5, 5.41) is 3.60. The maximum Gasteiger partial charge on any atom is 0.220 e. The van der Waals surface area contributed by atoms with E-state index in [0.29, 0.717) is 24.4 Å². The van der Waals surface area contributed by atoms with Crippen molar-refractivity contribution in [1.29, 1.82) is 0 Å². The number of aryl methyl sites for hydroxylation is 1. The topological polar surface area (TPSA) is 47.6 Å². The van der Waals surface area contributed by atoms with Gasteiger partial charge in [-0.05, 0) is 48.7 Å². The number of carbonyl (C=O) groups excluding carboxylic acids is 1. The van der Waals surface area contributed by atoms with Crippen molar-refractivity contribution in [3.05, 3.63) is 64.7 Å². The van der Waals surface area contributed by atoms with Crippen LogP contribution in [0.1, 0.15) is 24.5 Å². The van der Waals surface area contributed by atoms with E-state index in [9.17, 15) is 4.79 Å². The smallest absolute Gasteiger partial charge is 0.220 e. The van der Waals surface area contributed by atoms with Crippen molar-refractivity contribution in [3.8, 4) is 5.75 Å². The van der Waals surface area contributed by atoms with Crippen LogP contribution in [0, 0.1) is 0 Å². The molecule has 0 fully saturated rings. The summed E-state index contributed by atoms with van der Waals surface area (Å²) in [6.45, 7) is 2.31. The molecule has 25 heavy (non-hydrogen) atoms. The SMILES string of the molecule is COc1ccc(CCC(=O)NC[C@](C)(OC)c2cccc(Cl)c2)cc1. The van der Waals surface area contributed by atoms with Crippen LogP contribution >= 0.6 is 11.6 Å². The fourth-order valence-corrected chi connectivity index (χ4v) is 2.71. The van der Waals surface area contributed by atoms with Crippen molar-refractivity contribution in [2.75, 3.05) is 20.8 Å². The van der Waals surface area contributed by atoms with Gasteiger partial charge in [0.1, 0.15) is 11.4 Å². The number of rotatable bonds is 8. The molecule has 0 saturated heterocycles. The number of benzene rings is 2. The largest absolute Gasteiger partial charge is 0.497 e. The molecule has 0 aliphatic carbocycles. The first kappa shape index (κ1) is 19.3. The third-order valence-electron chi connectivity index (χ3n) is 4.31. The molecule has 0 saturated carbocycles. The van der Waals surface area contributed by atoms with Gasteiger partial charge in [-0.15, -0.1) is 0 Å². The summed E-state index contributed by atoms with van der Waals surface area (Å²) in [4.78, 5) is 12.2. The van der Waals surface area contributed by atoms with Crippen molar-refractivity contribution < 1.29 is 14.3 Å². The molecule has 0 aromatic heterocycles. The van der Waals surface area contributed by atoms with Gasteiger partial charge < -0.3 is 14.8 Å². The van der Waals surface area contributed by atoms with Crippen molar-refractivity contribution in [1.82, 2.24) is 5.32 Å². The first-order valence-corrected chi connectivity index (χ1v) is 8.55. The summed E-state index contributed by atoms with van der Waals surface area (Å²) >= 11 is 6.06. The second-order valence-corrected chi connectivity index (χ2v) is 6.51. The molecule has 0 spiro atoms. The Balaban J connectivity index is 1.88. The molecule has 5 heteroatoms. The molecule has 0 radical (unpaired) electrons. The van der Waals surface area contributed by atoms with Crippen LogP contribution in [0.3, 0.4) is 0 Å². The van der Waals surface area contributed by atoms with Crippen LogP contribution in [-0.4, -0.2) is 26.7 Å². The maximum absolute atomic E-state index is 12.2. The lowest BCUT2D eigenvalue weighted by molar-refractivity contribution is -0.122. The van der Waals surface area contributed by atoms with Gasteiger partial charge in [-0.3, -0.25) is 4.79 Å². The van der Waals surface area contributed by atoms with E-state index in [4.69, 9.17) is 21.1 Å². The summed E-state index contributed by atoms with van der Waals surface area (Å²) in [7, 11) is 3.26. The molecule has 0 bridgehead atoms. The van der Waals surface area contributed by atoms with Crippen LogP contribution < -0.4 is 10.1 Å². The molecule has 0 unspecified atom stereocenters. The number of hydrogen-bond acceptors (Lipinski definition) is 3. The van der Waals surface area contributed by atoms with Gasteiger partial charge in [0.2, 0.25) is 5.91 Å². The normalized spacial score (nSPS) is 13.1. The maximum atomic E-state index is 12.2. The third kappa shape index (κ3) is 5.48. The van der Waals surface area contributed by atoms with Crippen molar-refractivity contribution in [3.63, 3.8) is 0 Å². The Labute approximate surface area is 154 Å². The van der Waals surface area contributed by atoms with Gasteiger partial charge in [0.05, 0.1) is 13.7 Å². The Hall–Kier alpha value is -2.04. The monoisotopic (exact) mass is 361 g/mol. The number of hydrogen-bond donors (Lipinski definition) is 1. The van der Waals surface area contributed by atoms with Crippen LogP contribution in [-0.2, 0) is 21.6 Å². The highest BCUT2D eigenvalue weighted by molar-refractivity contribution is 6.30. The van der Waals surface area contributed by atoms with Gasteiger partial charge in [-0.1, -0.05) is 35.9 Å². The lowest BCUT2D eigenvalue weighted by Gasteiger charge is -2.29. The van der Waals surface area contributed by atoms with E-state index in [1.165, 1.54) is 0 Å². The molecule has 4 nitrogen and oxygen atoms in total. The molecule has 0 aliphatic heterocycles.